The number of carbonyl (C=O) groups is 1. The Hall–Kier alpha value is -0.0300. The minimum absolute atomic E-state index is 0. The van der Waals surface area contributed by atoms with Gasteiger partial charge in [0.2, 0.25) is 5.91 Å². The summed E-state index contributed by atoms with van der Waals surface area (Å²) in [4.78, 5) is 14.9. The van der Waals surface area contributed by atoms with E-state index in [1.807, 2.05) is 0 Å². The van der Waals surface area contributed by atoms with Gasteiger partial charge in [-0.05, 0) is 51.0 Å². The maximum atomic E-state index is 12.3. The predicted molar refractivity (Wildman–Crippen MR) is 90.1 cm³/mol. The molecule has 4 nitrogen and oxygen atoms in total. The van der Waals surface area contributed by atoms with Gasteiger partial charge in [-0.25, -0.2) is 0 Å². The van der Waals surface area contributed by atoms with Gasteiger partial charge in [0.1, 0.15) is 0 Å². The number of hydrogen-bond donors (Lipinski definition) is 2. The maximum absolute atomic E-state index is 12.3. The molecule has 1 heterocycles. The Morgan fingerprint density at radius 1 is 1.05 bits per heavy atom. The molecule has 1 saturated heterocycles. The van der Waals surface area contributed by atoms with Gasteiger partial charge in [-0.2, -0.15) is 0 Å². The molecule has 0 radical (unpaired) electrons. The molecule has 0 aromatic carbocycles. The lowest BCUT2D eigenvalue weighted by atomic mass is 9.94. The number of amides is 1. The van der Waals surface area contributed by atoms with E-state index in [0.29, 0.717) is 18.5 Å². The number of piperidine rings is 1. The van der Waals surface area contributed by atoms with Crippen LogP contribution in [0, 0.1) is 11.8 Å². The van der Waals surface area contributed by atoms with Crippen molar-refractivity contribution >= 4 is 30.7 Å². The van der Waals surface area contributed by atoms with E-state index < -0.39 is 0 Å². The molecule has 21 heavy (non-hydrogen) atoms. The van der Waals surface area contributed by atoms with Gasteiger partial charge < -0.3 is 16.0 Å². The summed E-state index contributed by atoms with van der Waals surface area (Å²) in [5, 5.41) is 3.28. The van der Waals surface area contributed by atoms with Crippen LogP contribution in [0.25, 0.3) is 0 Å². The number of halogens is 2. The highest BCUT2D eigenvalue weighted by Crippen LogP contribution is 2.32. The number of nitrogens with two attached hydrogens (primary N) is 1. The van der Waals surface area contributed by atoms with Crippen molar-refractivity contribution in [1.82, 2.24) is 10.2 Å². The Morgan fingerprint density at radius 2 is 1.71 bits per heavy atom. The molecule has 3 fully saturated rings. The zero-order chi connectivity index (χ0) is 13.2. The average molecular weight is 338 g/mol. The zero-order valence-electron chi connectivity index (χ0n) is 12.6. The molecule has 0 spiro atoms. The van der Waals surface area contributed by atoms with Crippen molar-refractivity contribution in [3.05, 3.63) is 0 Å². The van der Waals surface area contributed by atoms with Crippen molar-refractivity contribution in [1.29, 1.82) is 0 Å². The van der Waals surface area contributed by atoms with Crippen LogP contribution in [0.4, 0.5) is 0 Å². The van der Waals surface area contributed by atoms with Crippen molar-refractivity contribution in [2.24, 2.45) is 17.6 Å². The molecule has 1 amide bonds. The van der Waals surface area contributed by atoms with Crippen molar-refractivity contribution < 1.29 is 4.79 Å². The summed E-state index contributed by atoms with van der Waals surface area (Å²) in [7, 11) is 0. The number of nitrogens with zero attached hydrogens (tertiary/aromatic N) is 1. The number of likely N-dealkylation sites (tertiary alicyclic amines) is 1. The first kappa shape index (κ1) is 19.0. The second-order valence-corrected chi connectivity index (χ2v) is 6.58. The lowest BCUT2D eigenvalue weighted by molar-refractivity contribution is -0.127. The molecule has 0 aromatic rings. The SMILES string of the molecule is Cl.Cl.NC[C@H]1CCC[C@H]1C(=O)NC1CCN(C2CC2)CC1. The molecule has 0 unspecified atom stereocenters. The topological polar surface area (TPSA) is 58.4 Å². The largest absolute Gasteiger partial charge is 0.353 e. The number of hydrogen-bond acceptors (Lipinski definition) is 3. The fourth-order valence-corrected chi connectivity index (χ4v) is 3.82. The van der Waals surface area contributed by atoms with E-state index in [-0.39, 0.29) is 36.6 Å². The summed E-state index contributed by atoms with van der Waals surface area (Å²) in [6.07, 6.45) is 8.36. The third kappa shape index (κ3) is 4.72. The zero-order valence-corrected chi connectivity index (χ0v) is 14.3. The lowest BCUT2D eigenvalue weighted by Crippen LogP contribution is -2.47. The third-order valence-corrected chi connectivity index (χ3v) is 5.24. The molecule has 1 aliphatic heterocycles. The van der Waals surface area contributed by atoms with Gasteiger partial charge in [0.15, 0.2) is 0 Å². The predicted octanol–water partition coefficient (Wildman–Crippen LogP) is 1.95. The van der Waals surface area contributed by atoms with E-state index >= 15 is 0 Å². The van der Waals surface area contributed by atoms with Crippen LogP contribution in [0.2, 0.25) is 0 Å². The van der Waals surface area contributed by atoms with Crippen LogP contribution < -0.4 is 11.1 Å². The molecule has 2 saturated carbocycles. The highest BCUT2D eigenvalue weighted by atomic mass is 35.5. The Bertz CT molecular complexity index is 331. The van der Waals surface area contributed by atoms with Gasteiger partial charge in [0.05, 0.1) is 0 Å². The van der Waals surface area contributed by atoms with E-state index in [2.05, 4.69) is 10.2 Å². The lowest BCUT2D eigenvalue weighted by Gasteiger charge is -2.33. The molecule has 3 rings (SSSR count). The van der Waals surface area contributed by atoms with Crippen molar-refractivity contribution in [2.45, 2.75) is 57.0 Å². The second-order valence-electron chi connectivity index (χ2n) is 6.58. The van der Waals surface area contributed by atoms with Gasteiger partial charge in [0.25, 0.3) is 0 Å². The van der Waals surface area contributed by atoms with E-state index in [4.69, 9.17) is 5.73 Å². The quantitative estimate of drug-likeness (QED) is 0.824. The monoisotopic (exact) mass is 337 g/mol. The fourth-order valence-electron chi connectivity index (χ4n) is 3.82. The van der Waals surface area contributed by atoms with Gasteiger partial charge in [0, 0.05) is 31.1 Å². The summed E-state index contributed by atoms with van der Waals surface area (Å²) in [5.74, 6) is 0.885. The second kappa shape index (κ2) is 8.56. The third-order valence-electron chi connectivity index (χ3n) is 5.24. The van der Waals surface area contributed by atoms with Crippen LogP contribution >= 0.6 is 24.8 Å². The van der Waals surface area contributed by atoms with Gasteiger partial charge in [-0.1, -0.05) is 6.42 Å². The first-order chi connectivity index (χ1) is 9.28. The fraction of sp³-hybridized carbons (Fsp3) is 0.933. The van der Waals surface area contributed by atoms with Crippen molar-refractivity contribution in [3.8, 4) is 0 Å². The van der Waals surface area contributed by atoms with Crippen LogP contribution in [0.3, 0.4) is 0 Å². The first-order valence-electron chi connectivity index (χ1n) is 8.02. The molecular formula is C15H29Cl2N3O. The molecule has 2 aliphatic carbocycles. The summed E-state index contributed by atoms with van der Waals surface area (Å²) in [5.41, 5.74) is 5.77. The molecule has 124 valence electrons. The van der Waals surface area contributed by atoms with E-state index in [1.54, 1.807) is 0 Å². The van der Waals surface area contributed by atoms with Gasteiger partial charge in [-0.15, -0.1) is 24.8 Å². The number of rotatable bonds is 4. The highest BCUT2D eigenvalue weighted by Gasteiger charge is 2.35. The number of nitrogens with one attached hydrogen (secondary N) is 1. The Labute approximate surface area is 140 Å². The summed E-state index contributed by atoms with van der Waals surface area (Å²) in [6, 6.07) is 1.27. The standard InChI is InChI=1S/C15H27N3O.2ClH/c16-10-11-2-1-3-14(11)15(19)17-12-6-8-18(9-7-12)13-4-5-13;;/h11-14H,1-10,16H2,(H,17,19);2*1H/t11-,14-;;/m1../s1. The molecule has 3 N–H and O–H groups in total. The van der Waals surface area contributed by atoms with Crippen molar-refractivity contribution in [2.75, 3.05) is 19.6 Å². The maximum Gasteiger partial charge on any atom is 0.223 e. The average Bonchev–Trinajstić information content (AvgIpc) is 3.16. The number of carbonyl (C=O) groups excluding carboxylic acids is 1. The van der Waals surface area contributed by atoms with Crippen LogP contribution in [-0.2, 0) is 4.79 Å². The van der Waals surface area contributed by atoms with E-state index in [1.165, 1.54) is 32.4 Å². The van der Waals surface area contributed by atoms with E-state index in [0.717, 1.165) is 31.7 Å². The van der Waals surface area contributed by atoms with Gasteiger partial charge >= 0.3 is 0 Å². The van der Waals surface area contributed by atoms with Crippen LogP contribution in [0.5, 0.6) is 0 Å². The van der Waals surface area contributed by atoms with Crippen LogP contribution in [-0.4, -0.2) is 42.5 Å². The van der Waals surface area contributed by atoms with Gasteiger partial charge in [-0.3, -0.25) is 4.79 Å². The van der Waals surface area contributed by atoms with Crippen LogP contribution in [0.15, 0.2) is 0 Å². The summed E-state index contributed by atoms with van der Waals surface area (Å²) < 4.78 is 0. The summed E-state index contributed by atoms with van der Waals surface area (Å²) in [6.45, 7) is 3.00. The molecule has 6 heteroatoms. The molecule has 0 bridgehead atoms. The summed E-state index contributed by atoms with van der Waals surface area (Å²) >= 11 is 0. The van der Waals surface area contributed by atoms with Crippen molar-refractivity contribution in [3.63, 3.8) is 0 Å². The molecule has 2 atom stereocenters. The minimum atomic E-state index is 0. The smallest absolute Gasteiger partial charge is 0.223 e. The molecule has 3 aliphatic rings. The molecular weight excluding hydrogens is 309 g/mol. The first-order valence-corrected chi connectivity index (χ1v) is 8.02. The normalized spacial score (nSPS) is 30.3. The van der Waals surface area contributed by atoms with E-state index in [9.17, 15) is 4.79 Å². The molecule has 0 aromatic heterocycles. The van der Waals surface area contributed by atoms with Crippen LogP contribution in [0.1, 0.15) is 44.9 Å². The Balaban J connectivity index is 0.00000110. The Kier molecular flexibility index (Phi) is 7.75. The minimum Gasteiger partial charge on any atom is -0.353 e. The Morgan fingerprint density at radius 3 is 2.29 bits per heavy atom. The highest BCUT2D eigenvalue weighted by molar-refractivity contribution is 5.85.